The Morgan fingerprint density at radius 3 is 2.61 bits per heavy atom. The summed E-state index contributed by atoms with van der Waals surface area (Å²) in [6, 6.07) is 17.8. The number of hydrogen-bond acceptors (Lipinski definition) is 6. The average molecular weight is 434 g/mol. The lowest BCUT2D eigenvalue weighted by Crippen LogP contribution is -2.24. The van der Waals surface area contributed by atoms with Gasteiger partial charge < -0.3 is 4.74 Å². The Labute approximate surface area is 184 Å². The molecule has 2 aromatic heterocycles. The van der Waals surface area contributed by atoms with E-state index in [0.29, 0.717) is 24.3 Å². The Hall–Kier alpha value is -2.97. The molecule has 158 valence electrons. The summed E-state index contributed by atoms with van der Waals surface area (Å²) in [6.45, 7) is 1.21. The summed E-state index contributed by atoms with van der Waals surface area (Å²) in [5.74, 6) is 2.15. The standard InChI is InChI=1S/C23H23N5O2S/c1-30-14-13-27-21(16-7-3-2-4-8-16)25-26-23(27)31-15-20-24-19-10-6-5-9-18(19)22(29)28(20)17-11-12-17/h2-10,17H,11-15H2,1H3. The molecule has 0 amide bonds. The van der Waals surface area contributed by atoms with Gasteiger partial charge in [-0.2, -0.15) is 0 Å². The minimum atomic E-state index is 0.0505. The fourth-order valence-electron chi connectivity index (χ4n) is 3.71. The number of para-hydroxylation sites is 1. The van der Waals surface area contributed by atoms with Crippen LogP contribution in [0.2, 0.25) is 0 Å². The molecular formula is C23H23N5O2S. The summed E-state index contributed by atoms with van der Waals surface area (Å²) in [7, 11) is 1.69. The third kappa shape index (κ3) is 4.00. The summed E-state index contributed by atoms with van der Waals surface area (Å²) < 4.78 is 9.25. The van der Waals surface area contributed by atoms with Crippen LogP contribution in [-0.4, -0.2) is 38.0 Å². The number of ether oxygens (including phenoxy) is 1. The summed E-state index contributed by atoms with van der Waals surface area (Å²) in [5, 5.41) is 10.3. The van der Waals surface area contributed by atoms with Crippen molar-refractivity contribution in [1.82, 2.24) is 24.3 Å². The van der Waals surface area contributed by atoms with Crippen LogP contribution in [0.5, 0.6) is 0 Å². The second-order valence-electron chi connectivity index (χ2n) is 7.56. The zero-order valence-corrected chi connectivity index (χ0v) is 18.1. The molecule has 0 atom stereocenters. The van der Waals surface area contributed by atoms with Gasteiger partial charge in [0.25, 0.3) is 5.56 Å². The van der Waals surface area contributed by atoms with Crippen molar-refractivity contribution < 1.29 is 4.74 Å². The second-order valence-corrected chi connectivity index (χ2v) is 8.50. The fraction of sp³-hybridized carbons (Fsp3) is 0.304. The van der Waals surface area contributed by atoms with Crippen LogP contribution in [0.25, 0.3) is 22.3 Å². The van der Waals surface area contributed by atoms with Gasteiger partial charge in [0, 0.05) is 18.7 Å². The highest BCUT2D eigenvalue weighted by Crippen LogP contribution is 2.36. The molecule has 2 heterocycles. The lowest BCUT2D eigenvalue weighted by Gasteiger charge is -2.13. The summed E-state index contributed by atoms with van der Waals surface area (Å²) in [4.78, 5) is 17.9. The average Bonchev–Trinajstić information content (AvgIpc) is 3.56. The molecule has 1 saturated carbocycles. The van der Waals surface area contributed by atoms with Gasteiger partial charge in [0.15, 0.2) is 11.0 Å². The Morgan fingerprint density at radius 2 is 1.84 bits per heavy atom. The molecule has 1 aliphatic carbocycles. The van der Waals surface area contributed by atoms with Crippen molar-refractivity contribution in [2.45, 2.75) is 36.3 Å². The first kappa shape index (κ1) is 20.0. The number of benzene rings is 2. The van der Waals surface area contributed by atoms with Crippen molar-refractivity contribution in [3.63, 3.8) is 0 Å². The van der Waals surface area contributed by atoms with E-state index >= 15 is 0 Å². The maximum absolute atomic E-state index is 13.1. The molecule has 0 saturated heterocycles. The van der Waals surface area contributed by atoms with E-state index in [-0.39, 0.29) is 11.6 Å². The van der Waals surface area contributed by atoms with Crippen molar-refractivity contribution in [1.29, 1.82) is 0 Å². The molecule has 31 heavy (non-hydrogen) atoms. The Balaban J connectivity index is 1.49. The van der Waals surface area contributed by atoms with E-state index in [2.05, 4.69) is 14.8 Å². The highest BCUT2D eigenvalue weighted by molar-refractivity contribution is 7.98. The molecule has 0 unspecified atom stereocenters. The first-order valence-electron chi connectivity index (χ1n) is 10.4. The van der Waals surface area contributed by atoms with Crippen LogP contribution in [0.4, 0.5) is 0 Å². The lowest BCUT2D eigenvalue weighted by molar-refractivity contribution is 0.185. The third-order valence-corrected chi connectivity index (χ3v) is 6.35. The zero-order valence-electron chi connectivity index (χ0n) is 17.3. The quantitative estimate of drug-likeness (QED) is 0.392. The molecule has 2 aromatic carbocycles. The first-order chi connectivity index (χ1) is 15.3. The number of nitrogens with zero attached hydrogens (tertiary/aromatic N) is 5. The number of hydrogen-bond donors (Lipinski definition) is 0. The zero-order chi connectivity index (χ0) is 21.2. The van der Waals surface area contributed by atoms with Crippen LogP contribution >= 0.6 is 11.8 Å². The minimum Gasteiger partial charge on any atom is -0.383 e. The number of fused-ring (bicyclic) bond motifs is 1. The van der Waals surface area contributed by atoms with E-state index in [9.17, 15) is 4.79 Å². The van der Waals surface area contributed by atoms with Crippen LogP contribution < -0.4 is 5.56 Å². The smallest absolute Gasteiger partial charge is 0.261 e. The van der Waals surface area contributed by atoms with Gasteiger partial charge in [-0.05, 0) is 25.0 Å². The summed E-state index contributed by atoms with van der Waals surface area (Å²) in [6.07, 6.45) is 2.06. The van der Waals surface area contributed by atoms with Crippen molar-refractivity contribution in [3.05, 3.63) is 70.8 Å². The van der Waals surface area contributed by atoms with Gasteiger partial charge in [-0.1, -0.05) is 54.2 Å². The maximum atomic E-state index is 13.1. The Bertz CT molecular complexity index is 1260. The first-order valence-corrected chi connectivity index (χ1v) is 11.4. The highest BCUT2D eigenvalue weighted by atomic mass is 32.2. The highest BCUT2D eigenvalue weighted by Gasteiger charge is 2.28. The summed E-state index contributed by atoms with van der Waals surface area (Å²) >= 11 is 1.55. The van der Waals surface area contributed by atoms with E-state index in [4.69, 9.17) is 9.72 Å². The van der Waals surface area contributed by atoms with Gasteiger partial charge in [-0.25, -0.2) is 4.98 Å². The second kappa shape index (κ2) is 8.64. The van der Waals surface area contributed by atoms with Crippen molar-refractivity contribution in [2.24, 2.45) is 0 Å². The molecule has 1 aliphatic rings. The van der Waals surface area contributed by atoms with E-state index in [1.54, 1.807) is 18.9 Å². The maximum Gasteiger partial charge on any atom is 0.261 e. The molecule has 1 fully saturated rings. The Morgan fingerprint density at radius 1 is 1.06 bits per heavy atom. The predicted octanol–water partition coefficient (Wildman–Crippen LogP) is 3.93. The van der Waals surface area contributed by atoms with Crippen LogP contribution in [0.3, 0.4) is 0 Å². The number of methoxy groups -OCH3 is 1. The van der Waals surface area contributed by atoms with E-state index < -0.39 is 0 Å². The van der Waals surface area contributed by atoms with Gasteiger partial charge in [-0.3, -0.25) is 13.9 Å². The van der Waals surface area contributed by atoms with Crippen molar-refractivity contribution in [3.8, 4) is 11.4 Å². The van der Waals surface area contributed by atoms with Crippen LogP contribution in [0.1, 0.15) is 24.7 Å². The largest absolute Gasteiger partial charge is 0.383 e. The van der Waals surface area contributed by atoms with Gasteiger partial charge >= 0.3 is 0 Å². The molecule has 4 aromatic rings. The number of rotatable bonds is 8. The molecular weight excluding hydrogens is 410 g/mol. The normalized spacial score (nSPS) is 13.7. The Kier molecular flexibility index (Phi) is 5.57. The topological polar surface area (TPSA) is 74.8 Å². The van der Waals surface area contributed by atoms with E-state index in [0.717, 1.165) is 40.7 Å². The molecule has 7 nitrogen and oxygen atoms in total. The molecule has 8 heteroatoms. The molecule has 0 aliphatic heterocycles. The molecule has 0 radical (unpaired) electrons. The van der Waals surface area contributed by atoms with Gasteiger partial charge in [0.05, 0.1) is 29.8 Å². The summed E-state index contributed by atoms with van der Waals surface area (Å²) in [5.41, 5.74) is 1.80. The van der Waals surface area contributed by atoms with Gasteiger partial charge in [-0.15, -0.1) is 10.2 Å². The molecule has 0 N–H and O–H groups in total. The molecule has 0 spiro atoms. The van der Waals surface area contributed by atoms with Crippen LogP contribution in [0.15, 0.2) is 64.5 Å². The lowest BCUT2D eigenvalue weighted by atomic mass is 10.2. The predicted molar refractivity (Wildman–Crippen MR) is 121 cm³/mol. The van der Waals surface area contributed by atoms with E-state index in [1.165, 1.54) is 0 Å². The molecule has 0 bridgehead atoms. The monoisotopic (exact) mass is 433 g/mol. The fourth-order valence-corrected chi connectivity index (χ4v) is 4.61. The van der Waals surface area contributed by atoms with E-state index in [1.807, 2.05) is 59.2 Å². The SMILES string of the molecule is COCCn1c(SCc2nc3ccccc3c(=O)n2C2CC2)nnc1-c1ccccc1. The van der Waals surface area contributed by atoms with Gasteiger partial charge in [0.2, 0.25) is 0 Å². The minimum absolute atomic E-state index is 0.0505. The van der Waals surface area contributed by atoms with Crippen molar-refractivity contribution >= 4 is 22.7 Å². The van der Waals surface area contributed by atoms with Crippen molar-refractivity contribution in [2.75, 3.05) is 13.7 Å². The third-order valence-electron chi connectivity index (χ3n) is 5.39. The molecule has 5 rings (SSSR count). The van der Waals surface area contributed by atoms with Gasteiger partial charge in [0.1, 0.15) is 5.82 Å². The number of aromatic nitrogens is 5. The van der Waals surface area contributed by atoms with Crippen LogP contribution in [-0.2, 0) is 17.0 Å². The van der Waals surface area contributed by atoms with Crippen LogP contribution in [0, 0.1) is 0 Å². The number of thioether (sulfide) groups is 1.